The highest BCUT2D eigenvalue weighted by molar-refractivity contribution is 5.77. The molecule has 0 amide bonds. The molecular weight excluding hydrogens is 424 g/mol. The number of imidazole rings is 1. The number of hydrogen-bond donors (Lipinski definition) is 0. The van der Waals surface area contributed by atoms with Gasteiger partial charge in [0.15, 0.2) is 0 Å². The Morgan fingerprint density at radius 2 is 2.00 bits per heavy atom. The fourth-order valence-corrected chi connectivity index (χ4v) is 3.93. The zero-order valence-corrected chi connectivity index (χ0v) is 19.3. The summed E-state index contributed by atoms with van der Waals surface area (Å²) >= 11 is 0. The van der Waals surface area contributed by atoms with Gasteiger partial charge in [-0.05, 0) is 32.0 Å². The summed E-state index contributed by atoms with van der Waals surface area (Å²) in [6.45, 7) is 5.00. The molecule has 5 rings (SSSR count). The van der Waals surface area contributed by atoms with E-state index in [4.69, 9.17) is 23.8 Å². The Morgan fingerprint density at radius 1 is 1.15 bits per heavy atom. The second-order valence-corrected chi connectivity index (χ2v) is 8.37. The van der Waals surface area contributed by atoms with Gasteiger partial charge in [-0.1, -0.05) is 5.16 Å². The molecule has 172 valence electrons. The second-order valence-electron chi connectivity index (χ2n) is 8.37. The highest BCUT2D eigenvalue weighted by Crippen LogP contribution is 2.39. The van der Waals surface area contributed by atoms with Gasteiger partial charge in [0, 0.05) is 38.0 Å². The van der Waals surface area contributed by atoms with Crippen LogP contribution in [-0.4, -0.2) is 57.4 Å². The van der Waals surface area contributed by atoms with Gasteiger partial charge in [-0.2, -0.15) is 10.1 Å². The van der Waals surface area contributed by atoms with Crippen LogP contribution in [0.4, 0.5) is 0 Å². The van der Waals surface area contributed by atoms with Gasteiger partial charge in [0.05, 0.1) is 37.3 Å². The molecule has 0 unspecified atom stereocenters. The van der Waals surface area contributed by atoms with Crippen molar-refractivity contribution in [2.45, 2.75) is 32.4 Å². The first-order chi connectivity index (χ1) is 15.9. The summed E-state index contributed by atoms with van der Waals surface area (Å²) in [7, 11) is 4.95. The summed E-state index contributed by atoms with van der Waals surface area (Å²) in [6, 6.07) is 5.95. The van der Waals surface area contributed by atoms with Gasteiger partial charge >= 0.3 is 0 Å². The summed E-state index contributed by atoms with van der Waals surface area (Å²) in [5.41, 5.74) is 4.83. The number of rotatable bonds is 7. The molecule has 4 aromatic rings. The minimum absolute atomic E-state index is 0.397. The van der Waals surface area contributed by atoms with Crippen molar-refractivity contribution in [3.63, 3.8) is 0 Å². The molecule has 1 aromatic carbocycles. The maximum atomic E-state index is 5.50. The van der Waals surface area contributed by atoms with Gasteiger partial charge in [0.1, 0.15) is 23.4 Å². The van der Waals surface area contributed by atoms with Crippen LogP contribution in [0.3, 0.4) is 0 Å². The molecular formula is C23H26N6O4. The Hall–Kier alpha value is -3.50. The van der Waals surface area contributed by atoms with Gasteiger partial charge in [0.2, 0.25) is 5.82 Å². The molecule has 1 aliphatic rings. The Kier molecular flexibility index (Phi) is 5.26. The van der Waals surface area contributed by atoms with E-state index in [2.05, 4.69) is 25.9 Å². The number of fused-ring (bicyclic) bond motifs is 5. The molecule has 33 heavy (non-hydrogen) atoms. The summed E-state index contributed by atoms with van der Waals surface area (Å²) in [6.07, 6.45) is 4.45. The molecule has 0 fully saturated rings. The third kappa shape index (κ3) is 3.61. The third-order valence-electron chi connectivity index (χ3n) is 5.97. The normalized spacial score (nSPS) is 12.8. The number of methoxy groups -OCH3 is 3. The summed E-state index contributed by atoms with van der Waals surface area (Å²) in [4.78, 5) is 9.24. The molecule has 4 heterocycles. The van der Waals surface area contributed by atoms with Crippen molar-refractivity contribution in [3.8, 4) is 34.2 Å². The van der Waals surface area contributed by atoms with Crippen LogP contribution < -0.4 is 4.74 Å². The molecule has 0 aliphatic carbocycles. The van der Waals surface area contributed by atoms with E-state index in [1.807, 2.05) is 36.7 Å². The first-order valence-corrected chi connectivity index (χ1v) is 10.6. The zero-order valence-electron chi connectivity index (χ0n) is 19.3. The lowest BCUT2D eigenvalue weighted by Crippen LogP contribution is -2.19. The van der Waals surface area contributed by atoms with Gasteiger partial charge in [-0.3, -0.25) is 4.68 Å². The minimum Gasteiger partial charge on any atom is -0.497 e. The van der Waals surface area contributed by atoms with Crippen LogP contribution in [0.15, 0.2) is 35.2 Å². The summed E-state index contributed by atoms with van der Waals surface area (Å²) in [5.74, 6) is 1.59. The topological polar surface area (TPSA) is 102 Å². The van der Waals surface area contributed by atoms with E-state index < -0.39 is 5.60 Å². The van der Waals surface area contributed by atoms with E-state index >= 15 is 0 Å². The van der Waals surface area contributed by atoms with Crippen LogP contribution in [0.2, 0.25) is 0 Å². The Labute approximate surface area is 191 Å². The van der Waals surface area contributed by atoms with Crippen LogP contribution in [0.5, 0.6) is 5.75 Å². The molecule has 3 aromatic heterocycles. The SMILES string of the molecule is COCCn1cc2c(n1)-c1cc(OC)ccc1-n1cnc(-c3noc(C(C)(C)OC)n3)c1C2. The van der Waals surface area contributed by atoms with Gasteiger partial charge in [-0.25, -0.2) is 4.98 Å². The number of nitrogens with zero attached hydrogens (tertiary/aromatic N) is 6. The monoisotopic (exact) mass is 450 g/mol. The third-order valence-corrected chi connectivity index (χ3v) is 5.97. The highest BCUT2D eigenvalue weighted by Gasteiger charge is 2.31. The van der Waals surface area contributed by atoms with E-state index in [0.29, 0.717) is 37.0 Å². The molecule has 0 spiro atoms. The number of benzene rings is 1. The standard InChI is InChI=1S/C23H26N6O4/c1-23(2,32-5)22-25-21(27-33-22)20-18-10-14-12-28(8-9-30-3)26-19(14)16-11-15(31-4)6-7-17(16)29(18)13-24-20/h6-7,11-13H,8-10H2,1-5H3. The van der Waals surface area contributed by atoms with Gasteiger partial charge < -0.3 is 23.3 Å². The maximum Gasteiger partial charge on any atom is 0.258 e. The van der Waals surface area contributed by atoms with E-state index in [1.54, 1.807) is 27.7 Å². The molecule has 1 aliphatic heterocycles. The van der Waals surface area contributed by atoms with Crippen molar-refractivity contribution in [1.82, 2.24) is 29.5 Å². The zero-order chi connectivity index (χ0) is 23.2. The molecule has 0 saturated carbocycles. The number of aromatic nitrogens is 6. The van der Waals surface area contributed by atoms with Gasteiger partial charge in [0.25, 0.3) is 5.89 Å². The lowest BCUT2D eigenvalue weighted by Gasteiger charge is -2.16. The smallest absolute Gasteiger partial charge is 0.258 e. The van der Waals surface area contributed by atoms with E-state index in [0.717, 1.165) is 34.0 Å². The van der Waals surface area contributed by atoms with Gasteiger partial charge in [-0.15, -0.1) is 0 Å². The van der Waals surface area contributed by atoms with Crippen molar-refractivity contribution in [2.75, 3.05) is 27.9 Å². The molecule has 0 radical (unpaired) electrons. The number of ether oxygens (including phenoxy) is 3. The van der Waals surface area contributed by atoms with Crippen molar-refractivity contribution in [2.24, 2.45) is 0 Å². The first kappa shape index (κ1) is 21.4. The molecule has 0 saturated heterocycles. The number of hydrogen-bond acceptors (Lipinski definition) is 8. The average molecular weight is 450 g/mol. The molecule has 0 atom stereocenters. The predicted molar refractivity (Wildman–Crippen MR) is 119 cm³/mol. The van der Waals surface area contributed by atoms with Crippen molar-refractivity contribution in [1.29, 1.82) is 0 Å². The maximum absolute atomic E-state index is 5.50. The molecule has 10 nitrogen and oxygen atoms in total. The lowest BCUT2D eigenvalue weighted by molar-refractivity contribution is -0.00786. The Balaban J connectivity index is 1.66. The van der Waals surface area contributed by atoms with Crippen LogP contribution in [0.1, 0.15) is 31.0 Å². The fraction of sp³-hybridized carbons (Fsp3) is 0.391. The summed E-state index contributed by atoms with van der Waals surface area (Å²) < 4.78 is 25.7. The fourth-order valence-electron chi connectivity index (χ4n) is 3.93. The quantitative estimate of drug-likeness (QED) is 0.372. The van der Waals surface area contributed by atoms with Crippen LogP contribution in [-0.2, 0) is 28.0 Å². The van der Waals surface area contributed by atoms with Crippen molar-refractivity contribution < 1.29 is 18.7 Å². The van der Waals surface area contributed by atoms with E-state index in [-0.39, 0.29) is 0 Å². The molecule has 0 N–H and O–H groups in total. The Morgan fingerprint density at radius 3 is 2.76 bits per heavy atom. The largest absolute Gasteiger partial charge is 0.497 e. The van der Waals surface area contributed by atoms with Crippen LogP contribution in [0, 0.1) is 0 Å². The van der Waals surface area contributed by atoms with Crippen LogP contribution >= 0.6 is 0 Å². The average Bonchev–Trinajstić information content (AvgIpc) is 3.55. The van der Waals surface area contributed by atoms with E-state index in [1.165, 1.54) is 0 Å². The van der Waals surface area contributed by atoms with Crippen molar-refractivity contribution in [3.05, 3.63) is 47.9 Å². The first-order valence-electron chi connectivity index (χ1n) is 10.6. The highest BCUT2D eigenvalue weighted by atomic mass is 16.5. The van der Waals surface area contributed by atoms with E-state index in [9.17, 15) is 0 Å². The summed E-state index contributed by atoms with van der Waals surface area (Å²) in [5, 5.41) is 9.06. The lowest BCUT2D eigenvalue weighted by atomic mass is 10.0. The predicted octanol–water partition coefficient (Wildman–Crippen LogP) is 3.23. The molecule has 0 bridgehead atoms. The minimum atomic E-state index is -0.694. The van der Waals surface area contributed by atoms with Crippen molar-refractivity contribution >= 4 is 0 Å². The van der Waals surface area contributed by atoms with Crippen LogP contribution in [0.25, 0.3) is 28.5 Å². The Bertz CT molecular complexity index is 1300. The second kappa shape index (κ2) is 8.13. The molecule has 10 heteroatoms.